The Kier molecular flexibility index (Phi) is 6.36. The number of aromatic nitrogens is 1. The second-order valence-electron chi connectivity index (χ2n) is 7.88. The van der Waals surface area contributed by atoms with Gasteiger partial charge in [0.05, 0.1) is 17.7 Å². The highest BCUT2D eigenvalue weighted by Gasteiger charge is 2.24. The first-order chi connectivity index (χ1) is 15.0. The van der Waals surface area contributed by atoms with Gasteiger partial charge in [-0.05, 0) is 61.4 Å². The number of halogens is 1. The predicted octanol–water partition coefficient (Wildman–Crippen LogP) is 4.36. The van der Waals surface area contributed by atoms with Crippen molar-refractivity contribution in [2.24, 2.45) is 5.92 Å². The number of nitrogens with zero attached hydrogens (tertiary/aromatic N) is 2. The van der Waals surface area contributed by atoms with Gasteiger partial charge in [0, 0.05) is 18.7 Å². The second-order valence-corrected chi connectivity index (χ2v) is 7.88. The topological polar surface area (TPSA) is 96.0 Å². The summed E-state index contributed by atoms with van der Waals surface area (Å²) < 4.78 is 24.7. The molecule has 2 aromatic carbocycles. The smallest absolute Gasteiger partial charge is 0.407 e. The number of aryl methyl sites for hydroxylation is 1. The molecule has 2 N–H and O–H groups in total. The first kappa shape index (κ1) is 21.1. The molecule has 164 valence electrons. The van der Waals surface area contributed by atoms with Crippen molar-refractivity contribution in [3.63, 3.8) is 0 Å². The molecule has 1 aliphatic rings. The van der Waals surface area contributed by atoms with E-state index in [2.05, 4.69) is 5.16 Å². The summed E-state index contributed by atoms with van der Waals surface area (Å²) in [5, 5.41) is 23.7. The molecule has 0 radical (unpaired) electrons. The van der Waals surface area contributed by atoms with E-state index in [1.165, 1.54) is 17.0 Å². The van der Waals surface area contributed by atoms with E-state index in [-0.39, 0.29) is 19.0 Å². The van der Waals surface area contributed by atoms with E-state index in [1.807, 2.05) is 0 Å². The van der Waals surface area contributed by atoms with Crippen molar-refractivity contribution in [3.8, 4) is 5.75 Å². The standard InChI is InChI=1S/C23H25FN2O5/c24-18-5-1-16(2-6-18)14-30-20-8-4-17(13-27)22-21(20)19(25-31-22)7-3-15-9-11-26(12-10-15)23(28)29/h1-2,4-6,8,15,27H,3,7,9-14H2,(H,28,29). The third-order valence-corrected chi connectivity index (χ3v) is 5.89. The van der Waals surface area contributed by atoms with Gasteiger partial charge in [-0.1, -0.05) is 17.3 Å². The molecular formula is C23H25FN2O5. The fraction of sp³-hybridized carbons (Fsp3) is 0.391. The third-order valence-electron chi connectivity index (χ3n) is 5.89. The average molecular weight is 428 g/mol. The molecule has 1 aliphatic heterocycles. The highest BCUT2D eigenvalue weighted by molar-refractivity contribution is 5.88. The van der Waals surface area contributed by atoms with Gasteiger partial charge in [-0.2, -0.15) is 0 Å². The summed E-state index contributed by atoms with van der Waals surface area (Å²) >= 11 is 0. The van der Waals surface area contributed by atoms with Gasteiger partial charge < -0.3 is 24.4 Å². The van der Waals surface area contributed by atoms with E-state index >= 15 is 0 Å². The molecule has 1 saturated heterocycles. The minimum absolute atomic E-state index is 0.170. The maximum absolute atomic E-state index is 13.1. The van der Waals surface area contributed by atoms with E-state index in [9.17, 15) is 14.3 Å². The van der Waals surface area contributed by atoms with E-state index < -0.39 is 6.09 Å². The number of aliphatic hydroxyl groups excluding tert-OH is 1. The summed E-state index contributed by atoms with van der Waals surface area (Å²) in [6, 6.07) is 9.68. The first-order valence-corrected chi connectivity index (χ1v) is 10.4. The molecule has 31 heavy (non-hydrogen) atoms. The number of carbonyl (C=O) groups is 1. The molecule has 2 heterocycles. The number of hydrogen-bond donors (Lipinski definition) is 2. The number of rotatable bonds is 7. The Hall–Kier alpha value is -3.13. The van der Waals surface area contributed by atoms with Crippen molar-refractivity contribution < 1.29 is 28.7 Å². The van der Waals surface area contributed by atoms with Crippen molar-refractivity contribution in [3.05, 3.63) is 59.0 Å². The molecule has 8 heteroatoms. The molecule has 0 aliphatic carbocycles. The van der Waals surface area contributed by atoms with E-state index in [0.717, 1.165) is 35.9 Å². The maximum atomic E-state index is 13.1. The van der Waals surface area contributed by atoms with Crippen LogP contribution in [0.4, 0.5) is 9.18 Å². The molecule has 0 unspecified atom stereocenters. The van der Waals surface area contributed by atoms with Crippen LogP contribution in [0.15, 0.2) is 40.9 Å². The summed E-state index contributed by atoms with van der Waals surface area (Å²) in [7, 11) is 0. The van der Waals surface area contributed by atoms with Crippen molar-refractivity contribution >= 4 is 17.1 Å². The van der Waals surface area contributed by atoms with Crippen molar-refractivity contribution in [1.29, 1.82) is 0 Å². The van der Waals surface area contributed by atoms with E-state index in [4.69, 9.17) is 14.4 Å². The first-order valence-electron chi connectivity index (χ1n) is 10.4. The minimum Gasteiger partial charge on any atom is -0.488 e. The number of hydrogen-bond acceptors (Lipinski definition) is 5. The number of ether oxygens (including phenoxy) is 1. The maximum Gasteiger partial charge on any atom is 0.407 e. The van der Waals surface area contributed by atoms with Gasteiger partial charge in [0.15, 0.2) is 5.58 Å². The van der Waals surface area contributed by atoms with Gasteiger partial charge in [0.2, 0.25) is 0 Å². The van der Waals surface area contributed by atoms with Crippen LogP contribution in [0.3, 0.4) is 0 Å². The molecule has 3 aromatic rings. The number of amides is 1. The lowest BCUT2D eigenvalue weighted by Gasteiger charge is -2.29. The molecule has 0 spiro atoms. The predicted molar refractivity (Wildman–Crippen MR) is 111 cm³/mol. The SMILES string of the molecule is O=C(O)N1CCC(CCc2noc3c(CO)ccc(OCc4ccc(F)cc4)c23)CC1. The Labute approximate surface area is 179 Å². The molecule has 0 saturated carbocycles. The van der Waals surface area contributed by atoms with Gasteiger partial charge >= 0.3 is 6.09 Å². The Morgan fingerprint density at radius 2 is 1.94 bits per heavy atom. The highest BCUT2D eigenvalue weighted by Crippen LogP contribution is 2.34. The van der Waals surface area contributed by atoms with Crippen LogP contribution in [0.5, 0.6) is 5.75 Å². The number of likely N-dealkylation sites (tertiary alicyclic amines) is 1. The number of fused-ring (bicyclic) bond motifs is 1. The third kappa shape index (κ3) is 4.80. The molecule has 0 atom stereocenters. The largest absolute Gasteiger partial charge is 0.488 e. The van der Waals surface area contributed by atoms with Gasteiger partial charge in [0.1, 0.15) is 18.2 Å². The number of aliphatic hydroxyl groups is 1. The van der Waals surface area contributed by atoms with Gasteiger partial charge in [-0.25, -0.2) is 9.18 Å². The summed E-state index contributed by atoms with van der Waals surface area (Å²) in [5.41, 5.74) is 2.75. The Morgan fingerprint density at radius 1 is 1.19 bits per heavy atom. The van der Waals surface area contributed by atoms with Gasteiger partial charge in [0.25, 0.3) is 0 Å². The lowest BCUT2D eigenvalue weighted by atomic mass is 9.91. The molecular weight excluding hydrogens is 403 g/mol. The lowest BCUT2D eigenvalue weighted by Crippen LogP contribution is -2.37. The van der Waals surface area contributed by atoms with Crippen molar-refractivity contribution in [1.82, 2.24) is 10.1 Å². The zero-order chi connectivity index (χ0) is 21.8. The number of benzene rings is 2. The van der Waals surface area contributed by atoms with Crippen LogP contribution in [0, 0.1) is 11.7 Å². The lowest BCUT2D eigenvalue weighted by molar-refractivity contribution is 0.123. The normalized spacial score (nSPS) is 14.8. The summed E-state index contributed by atoms with van der Waals surface area (Å²) in [6.45, 7) is 1.21. The van der Waals surface area contributed by atoms with Crippen LogP contribution in [0.1, 0.15) is 36.1 Å². The summed E-state index contributed by atoms with van der Waals surface area (Å²) in [5.74, 6) is 0.731. The van der Waals surface area contributed by atoms with Crippen LogP contribution in [0.25, 0.3) is 11.0 Å². The highest BCUT2D eigenvalue weighted by atomic mass is 19.1. The molecule has 0 bridgehead atoms. The number of piperidine rings is 1. The zero-order valence-electron chi connectivity index (χ0n) is 17.1. The number of carboxylic acid groups (broad SMARTS) is 1. The zero-order valence-corrected chi connectivity index (χ0v) is 17.1. The second kappa shape index (κ2) is 9.34. The average Bonchev–Trinajstić information content (AvgIpc) is 3.22. The van der Waals surface area contributed by atoms with Crippen molar-refractivity contribution in [2.45, 2.75) is 38.9 Å². The minimum atomic E-state index is -0.861. The Balaban J connectivity index is 1.49. The fourth-order valence-electron chi connectivity index (χ4n) is 4.04. The monoisotopic (exact) mass is 428 g/mol. The van der Waals surface area contributed by atoms with Gasteiger partial charge in [-0.15, -0.1) is 0 Å². The van der Waals surface area contributed by atoms with Crippen molar-refractivity contribution in [2.75, 3.05) is 13.1 Å². The summed E-state index contributed by atoms with van der Waals surface area (Å²) in [6.07, 6.45) is 2.35. The van der Waals surface area contributed by atoms with E-state index in [1.54, 1.807) is 24.3 Å². The van der Waals surface area contributed by atoms with E-state index in [0.29, 0.717) is 42.3 Å². The Bertz CT molecular complexity index is 1040. The van der Waals surface area contributed by atoms with Crippen LogP contribution in [0.2, 0.25) is 0 Å². The molecule has 7 nitrogen and oxygen atoms in total. The molecule has 1 amide bonds. The quantitative estimate of drug-likeness (QED) is 0.581. The van der Waals surface area contributed by atoms with Crippen LogP contribution >= 0.6 is 0 Å². The van der Waals surface area contributed by atoms with Gasteiger partial charge in [-0.3, -0.25) is 0 Å². The molecule has 1 aromatic heterocycles. The van der Waals surface area contributed by atoms with Crippen LogP contribution in [-0.2, 0) is 19.6 Å². The summed E-state index contributed by atoms with van der Waals surface area (Å²) in [4.78, 5) is 12.5. The van der Waals surface area contributed by atoms with Crippen LogP contribution < -0.4 is 4.74 Å². The van der Waals surface area contributed by atoms with Crippen LogP contribution in [-0.4, -0.2) is 39.5 Å². The fourth-order valence-corrected chi connectivity index (χ4v) is 4.04. The Morgan fingerprint density at radius 3 is 2.61 bits per heavy atom. The molecule has 4 rings (SSSR count). The molecule has 1 fully saturated rings.